The molecule has 1 N–H and O–H groups in total. The number of hydrogen-bond acceptors (Lipinski definition) is 3. The predicted molar refractivity (Wildman–Crippen MR) is 116 cm³/mol. The lowest BCUT2D eigenvalue weighted by atomic mass is 10.2. The molecule has 4 aromatic rings. The van der Waals surface area contributed by atoms with E-state index in [2.05, 4.69) is 5.32 Å². The maximum atomic E-state index is 13.0. The second kappa shape index (κ2) is 8.79. The third-order valence-electron chi connectivity index (χ3n) is 5.02. The number of benzene rings is 3. The zero-order chi connectivity index (χ0) is 21.8. The van der Waals surface area contributed by atoms with Crippen molar-refractivity contribution in [2.75, 3.05) is 0 Å². The van der Waals surface area contributed by atoms with Gasteiger partial charge in [0, 0.05) is 6.54 Å². The molecule has 0 spiro atoms. The van der Waals surface area contributed by atoms with Crippen LogP contribution in [0.3, 0.4) is 0 Å². The fourth-order valence-corrected chi connectivity index (χ4v) is 3.45. The van der Waals surface area contributed by atoms with Gasteiger partial charge >= 0.3 is 11.1 Å². The zero-order valence-electron chi connectivity index (χ0n) is 16.6. The molecule has 156 valence electrons. The van der Waals surface area contributed by atoms with Gasteiger partial charge in [0.2, 0.25) is 5.91 Å². The summed E-state index contributed by atoms with van der Waals surface area (Å²) < 4.78 is 15.6. The van der Waals surface area contributed by atoms with Crippen molar-refractivity contribution in [3.8, 4) is 0 Å². The van der Waals surface area contributed by atoms with E-state index in [9.17, 15) is 18.8 Å². The van der Waals surface area contributed by atoms with Gasteiger partial charge in [-0.1, -0.05) is 54.6 Å². The van der Waals surface area contributed by atoms with E-state index in [0.29, 0.717) is 11.0 Å². The van der Waals surface area contributed by atoms with Gasteiger partial charge < -0.3 is 5.32 Å². The van der Waals surface area contributed by atoms with E-state index < -0.39 is 17.0 Å². The normalized spacial score (nSPS) is 10.9. The second-order valence-electron chi connectivity index (χ2n) is 7.16. The third kappa shape index (κ3) is 4.45. The van der Waals surface area contributed by atoms with Crippen molar-refractivity contribution < 1.29 is 9.18 Å². The summed E-state index contributed by atoms with van der Waals surface area (Å²) in [4.78, 5) is 38.2. The number of para-hydroxylation sites is 2. The average molecular weight is 417 g/mol. The molecule has 0 atom stereocenters. The molecule has 0 radical (unpaired) electrons. The van der Waals surface area contributed by atoms with E-state index >= 15 is 0 Å². The largest absolute Gasteiger partial charge is 0.350 e. The molecular weight excluding hydrogens is 397 g/mol. The SMILES string of the molecule is O=C(Cn1c(=O)c(=O)n(Cc2ccccc2)c2ccccc21)NCc1ccc(F)cc1. The summed E-state index contributed by atoms with van der Waals surface area (Å²) in [6.07, 6.45) is 0. The number of nitrogens with one attached hydrogen (secondary N) is 1. The lowest BCUT2D eigenvalue weighted by Gasteiger charge is -2.15. The van der Waals surface area contributed by atoms with Crippen molar-refractivity contribution in [3.63, 3.8) is 0 Å². The van der Waals surface area contributed by atoms with Crippen LogP contribution in [0.4, 0.5) is 4.39 Å². The van der Waals surface area contributed by atoms with E-state index in [1.807, 2.05) is 30.3 Å². The first-order valence-electron chi connectivity index (χ1n) is 9.80. The Labute approximate surface area is 177 Å². The van der Waals surface area contributed by atoms with Crippen LogP contribution >= 0.6 is 0 Å². The van der Waals surface area contributed by atoms with Crippen LogP contribution in [-0.4, -0.2) is 15.0 Å². The first-order valence-corrected chi connectivity index (χ1v) is 9.80. The highest BCUT2D eigenvalue weighted by Crippen LogP contribution is 2.12. The van der Waals surface area contributed by atoms with Gasteiger partial charge in [-0.3, -0.25) is 23.5 Å². The van der Waals surface area contributed by atoms with Crippen LogP contribution in [-0.2, 0) is 24.4 Å². The van der Waals surface area contributed by atoms with Crippen molar-refractivity contribution in [2.45, 2.75) is 19.6 Å². The topological polar surface area (TPSA) is 73.1 Å². The highest BCUT2D eigenvalue weighted by Gasteiger charge is 2.15. The summed E-state index contributed by atoms with van der Waals surface area (Å²) in [5.41, 5.74) is 1.25. The minimum Gasteiger partial charge on any atom is -0.350 e. The lowest BCUT2D eigenvalue weighted by molar-refractivity contribution is -0.121. The van der Waals surface area contributed by atoms with Gasteiger partial charge in [0.05, 0.1) is 17.6 Å². The van der Waals surface area contributed by atoms with Gasteiger partial charge in [-0.25, -0.2) is 4.39 Å². The van der Waals surface area contributed by atoms with Crippen molar-refractivity contribution in [1.29, 1.82) is 0 Å². The maximum Gasteiger partial charge on any atom is 0.317 e. The van der Waals surface area contributed by atoms with Gasteiger partial charge in [-0.2, -0.15) is 0 Å². The van der Waals surface area contributed by atoms with Crippen LogP contribution in [0.5, 0.6) is 0 Å². The Bertz CT molecular complexity index is 1340. The van der Waals surface area contributed by atoms with Crippen LogP contribution < -0.4 is 16.4 Å². The molecule has 0 aliphatic carbocycles. The molecule has 4 rings (SSSR count). The second-order valence-corrected chi connectivity index (χ2v) is 7.16. The van der Waals surface area contributed by atoms with Crippen molar-refractivity contribution in [1.82, 2.24) is 14.5 Å². The molecule has 0 unspecified atom stereocenters. The minimum atomic E-state index is -0.758. The summed E-state index contributed by atoms with van der Waals surface area (Å²) in [7, 11) is 0. The van der Waals surface area contributed by atoms with Gasteiger partial charge in [-0.05, 0) is 35.4 Å². The minimum absolute atomic E-state index is 0.191. The maximum absolute atomic E-state index is 13.0. The van der Waals surface area contributed by atoms with Gasteiger partial charge in [0.15, 0.2) is 0 Å². The summed E-state index contributed by atoms with van der Waals surface area (Å²) >= 11 is 0. The van der Waals surface area contributed by atoms with E-state index in [-0.39, 0.29) is 25.5 Å². The van der Waals surface area contributed by atoms with E-state index in [1.165, 1.54) is 21.3 Å². The van der Waals surface area contributed by atoms with Crippen molar-refractivity contribution >= 4 is 16.9 Å². The van der Waals surface area contributed by atoms with Crippen LogP contribution in [0, 0.1) is 5.82 Å². The smallest absolute Gasteiger partial charge is 0.317 e. The van der Waals surface area contributed by atoms with Crippen LogP contribution in [0.1, 0.15) is 11.1 Å². The predicted octanol–water partition coefficient (Wildman–Crippen LogP) is 2.67. The number of fused-ring (bicyclic) bond motifs is 1. The average Bonchev–Trinajstić information content (AvgIpc) is 2.80. The third-order valence-corrected chi connectivity index (χ3v) is 5.02. The number of carbonyl (C=O) groups excluding carboxylic acids is 1. The Morgan fingerprint density at radius 1 is 0.742 bits per heavy atom. The molecule has 0 aliphatic heterocycles. The molecular formula is C24H20FN3O3. The van der Waals surface area contributed by atoms with Crippen molar-refractivity contribution in [2.24, 2.45) is 0 Å². The molecule has 1 heterocycles. The molecule has 0 saturated carbocycles. The fraction of sp³-hybridized carbons (Fsp3) is 0.125. The number of amides is 1. The first kappa shape index (κ1) is 20.3. The van der Waals surface area contributed by atoms with Crippen LogP contribution in [0.2, 0.25) is 0 Å². The Morgan fingerprint density at radius 3 is 2.00 bits per heavy atom. The zero-order valence-corrected chi connectivity index (χ0v) is 16.6. The molecule has 0 saturated heterocycles. The summed E-state index contributed by atoms with van der Waals surface area (Å²) in [5, 5.41) is 2.70. The summed E-state index contributed by atoms with van der Waals surface area (Å²) in [6, 6.07) is 22.2. The molecule has 0 bridgehead atoms. The molecule has 0 fully saturated rings. The fourth-order valence-electron chi connectivity index (χ4n) is 3.45. The van der Waals surface area contributed by atoms with E-state index in [4.69, 9.17) is 0 Å². The van der Waals surface area contributed by atoms with E-state index in [0.717, 1.165) is 11.1 Å². The van der Waals surface area contributed by atoms with Gasteiger partial charge in [0.25, 0.3) is 0 Å². The number of hydrogen-bond donors (Lipinski definition) is 1. The Hall–Kier alpha value is -4.00. The molecule has 6 nitrogen and oxygen atoms in total. The first-order chi connectivity index (χ1) is 15.0. The number of aromatic nitrogens is 2. The molecule has 1 amide bonds. The molecule has 1 aromatic heterocycles. The molecule has 0 aliphatic rings. The Morgan fingerprint density at radius 2 is 1.32 bits per heavy atom. The number of halogens is 1. The Balaban J connectivity index is 1.64. The van der Waals surface area contributed by atoms with Gasteiger partial charge in [-0.15, -0.1) is 0 Å². The van der Waals surface area contributed by atoms with Crippen molar-refractivity contribution in [3.05, 3.63) is 117 Å². The number of rotatable bonds is 6. The van der Waals surface area contributed by atoms with Gasteiger partial charge in [0.1, 0.15) is 12.4 Å². The standard InChI is InChI=1S/C24H20FN3O3/c25-19-12-10-17(11-13-19)14-26-22(29)16-28-21-9-5-4-8-20(21)27(23(30)24(28)31)15-18-6-2-1-3-7-18/h1-13H,14-16H2,(H,26,29). The van der Waals surface area contributed by atoms with E-state index in [1.54, 1.807) is 36.4 Å². The number of nitrogens with zero attached hydrogens (tertiary/aromatic N) is 2. The summed E-state index contributed by atoms with van der Waals surface area (Å²) in [6.45, 7) is 0.159. The molecule has 3 aromatic carbocycles. The summed E-state index contributed by atoms with van der Waals surface area (Å²) in [5.74, 6) is -0.777. The number of carbonyl (C=O) groups is 1. The quantitative estimate of drug-likeness (QED) is 0.490. The Kier molecular flexibility index (Phi) is 5.75. The van der Waals surface area contributed by atoms with Crippen LogP contribution in [0.15, 0.2) is 88.5 Å². The lowest BCUT2D eigenvalue weighted by Crippen LogP contribution is -2.44. The highest BCUT2D eigenvalue weighted by molar-refractivity contribution is 5.80. The highest BCUT2D eigenvalue weighted by atomic mass is 19.1. The molecule has 7 heteroatoms. The molecule has 31 heavy (non-hydrogen) atoms. The monoisotopic (exact) mass is 417 g/mol. The van der Waals surface area contributed by atoms with Crippen LogP contribution in [0.25, 0.3) is 11.0 Å².